The molecule has 2 aromatic rings. The monoisotopic (exact) mass is 447 g/mol. The zero-order valence-corrected chi connectivity index (χ0v) is 19.0. The lowest BCUT2D eigenvalue weighted by atomic mass is 10.1. The number of rotatable bonds is 7. The summed E-state index contributed by atoms with van der Waals surface area (Å²) in [7, 11) is 7.62. The predicted octanol–water partition coefficient (Wildman–Crippen LogP) is 3.13. The van der Waals surface area contributed by atoms with E-state index in [2.05, 4.69) is 49.9 Å². The maximum absolute atomic E-state index is 12.1. The second kappa shape index (κ2) is 10.3. The SMILES string of the molecule is CCNC(=NCCc1cccc(C(=O)N(C)C)c1)N(C)Cc1cc(Br)cn1C. The van der Waals surface area contributed by atoms with Crippen LogP contribution in [0.5, 0.6) is 0 Å². The molecule has 0 atom stereocenters. The molecule has 0 fully saturated rings. The molecule has 0 spiro atoms. The van der Waals surface area contributed by atoms with E-state index >= 15 is 0 Å². The molecule has 0 aliphatic rings. The molecule has 0 saturated carbocycles. The van der Waals surface area contributed by atoms with Gasteiger partial charge in [0, 0.05) is 63.2 Å². The van der Waals surface area contributed by atoms with E-state index in [0.717, 1.165) is 35.5 Å². The van der Waals surface area contributed by atoms with Gasteiger partial charge in [-0.25, -0.2) is 0 Å². The number of aromatic nitrogens is 1. The van der Waals surface area contributed by atoms with E-state index in [9.17, 15) is 4.79 Å². The fraction of sp³-hybridized carbons (Fsp3) is 0.429. The van der Waals surface area contributed by atoms with E-state index < -0.39 is 0 Å². The molecule has 0 aliphatic carbocycles. The molecular formula is C21H30BrN5O. The van der Waals surface area contributed by atoms with Crippen molar-refractivity contribution < 1.29 is 4.79 Å². The van der Waals surface area contributed by atoms with E-state index in [1.165, 1.54) is 5.69 Å². The van der Waals surface area contributed by atoms with Crippen molar-refractivity contribution >= 4 is 27.8 Å². The summed E-state index contributed by atoms with van der Waals surface area (Å²) in [5.41, 5.74) is 3.03. The summed E-state index contributed by atoms with van der Waals surface area (Å²) in [5.74, 6) is 0.896. The topological polar surface area (TPSA) is 52.9 Å². The molecule has 152 valence electrons. The highest BCUT2D eigenvalue weighted by molar-refractivity contribution is 9.10. The van der Waals surface area contributed by atoms with Crippen molar-refractivity contribution in [3.63, 3.8) is 0 Å². The number of carbonyl (C=O) groups is 1. The van der Waals surface area contributed by atoms with Crippen LogP contribution in [0, 0.1) is 0 Å². The quantitative estimate of drug-likeness (QED) is 0.523. The van der Waals surface area contributed by atoms with E-state index in [1.54, 1.807) is 19.0 Å². The third-order valence-corrected chi connectivity index (χ3v) is 4.85. The zero-order chi connectivity index (χ0) is 20.7. The molecule has 2 rings (SSSR count). The average Bonchev–Trinajstić information content (AvgIpc) is 2.97. The van der Waals surface area contributed by atoms with Crippen LogP contribution in [0.15, 0.2) is 46.0 Å². The van der Waals surface area contributed by atoms with Gasteiger partial charge in [-0.2, -0.15) is 0 Å². The third-order valence-electron chi connectivity index (χ3n) is 4.41. The van der Waals surface area contributed by atoms with Gasteiger partial charge in [0.1, 0.15) is 0 Å². The number of nitrogens with zero attached hydrogens (tertiary/aromatic N) is 4. The summed E-state index contributed by atoms with van der Waals surface area (Å²) in [6, 6.07) is 9.90. The number of amides is 1. The lowest BCUT2D eigenvalue weighted by Gasteiger charge is -2.22. The number of hydrogen-bond acceptors (Lipinski definition) is 2. The predicted molar refractivity (Wildman–Crippen MR) is 119 cm³/mol. The van der Waals surface area contributed by atoms with Crippen LogP contribution in [-0.4, -0.2) is 60.5 Å². The van der Waals surface area contributed by atoms with Gasteiger partial charge in [-0.1, -0.05) is 12.1 Å². The highest BCUT2D eigenvalue weighted by Gasteiger charge is 2.10. The van der Waals surface area contributed by atoms with Crippen molar-refractivity contribution in [3.05, 3.63) is 57.8 Å². The van der Waals surface area contributed by atoms with Gasteiger partial charge in [0.25, 0.3) is 5.91 Å². The minimum Gasteiger partial charge on any atom is -0.357 e. The first-order valence-electron chi connectivity index (χ1n) is 9.42. The van der Waals surface area contributed by atoms with Crippen molar-refractivity contribution in [2.24, 2.45) is 12.0 Å². The van der Waals surface area contributed by atoms with Crippen LogP contribution < -0.4 is 5.32 Å². The molecule has 28 heavy (non-hydrogen) atoms. The second-order valence-electron chi connectivity index (χ2n) is 7.00. The van der Waals surface area contributed by atoms with Gasteiger partial charge in [-0.05, 0) is 53.0 Å². The summed E-state index contributed by atoms with van der Waals surface area (Å²) in [5, 5.41) is 3.35. The maximum atomic E-state index is 12.1. The average molecular weight is 448 g/mol. The van der Waals surface area contributed by atoms with E-state index in [1.807, 2.05) is 38.4 Å². The highest BCUT2D eigenvalue weighted by Crippen LogP contribution is 2.15. The first-order valence-corrected chi connectivity index (χ1v) is 10.2. The minimum absolute atomic E-state index is 0.0205. The van der Waals surface area contributed by atoms with Gasteiger partial charge in [-0.3, -0.25) is 9.79 Å². The Kier molecular flexibility index (Phi) is 8.11. The molecule has 0 saturated heterocycles. The fourth-order valence-electron chi connectivity index (χ4n) is 2.92. The second-order valence-corrected chi connectivity index (χ2v) is 7.92. The Labute approximate surface area is 176 Å². The van der Waals surface area contributed by atoms with Crippen molar-refractivity contribution in [3.8, 4) is 0 Å². The molecule has 0 radical (unpaired) electrons. The summed E-state index contributed by atoms with van der Waals surface area (Å²) >= 11 is 3.52. The number of aryl methyl sites for hydroxylation is 1. The van der Waals surface area contributed by atoms with Crippen LogP contribution in [0.3, 0.4) is 0 Å². The van der Waals surface area contributed by atoms with E-state index in [-0.39, 0.29) is 5.91 Å². The third kappa shape index (κ3) is 6.12. The molecule has 0 unspecified atom stereocenters. The zero-order valence-electron chi connectivity index (χ0n) is 17.4. The molecule has 1 aromatic heterocycles. The van der Waals surface area contributed by atoms with Gasteiger partial charge in [0.2, 0.25) is 0 Å². The molecule has 1 heterocycles. The normalized spacial score (nSPS) is 11.4. The van der Waals surface area contributed by atoms with Crippen molar-refractivity contribution in [1.82, 2.24) is 19.7 Å². The molecule has 6 nitrogen and oxygen atoms in total. The fourth-order valence-corrected chi connectivity index (χ4v) is 3.49. The van der Waals surface area contributed by atoms with Crippen molar-refractivity contribution in [2.75, 3.05) is 34.2 Å². The molecule has 0 aliphatic heterocycles. The number of guanidine groups is 1. The van der Waals surface area contributed by atoms with Crippen LogP contribution in [0.25, 0.3) is 0 Å². The van der Waals surface area contributed by atoms with Gasteiger partial charge >= 0.3 is 0 Å². The highest BCUT2D eigenvalue weighted by atomic mass is 79.9. The molecular weight excluding hydrogens is 418 g/mol. The molecule has 1 amide bonds. The number of halogens is 1. The van der Waals surface area contributed by atoms with Crippen LogP contribution in [0.2, 0.25) is 0 Å². The number of carbonyl (C=O) groups excluding carboxylic acids is 1. The van der Waals surface area contributed by atoms with E-state index in [0.29, 0.717) is 12.1 Å². The number of aliphatic imine (C=N–C) groups is 1. The summed E-state index contributed by atoms with van der Waals surface area (Å²) in [6.07, 6.45) is 2.84. The van der Waals surface area contributed by atoms with Crippen LogP contribution in [0.4, 0.5) is 0 Å². The maximum Gasteiger partial charge on any atom is 0.253 e. The number of hydrogen-bond donors (Lipinski definition) is 1. The molecule has 7 heteroatoms. The Balaban J connectivity index is 2.03. The molecule has 1 N–H and O–H groups in total. The summed E-state index contributed by atoms with van der Waals surface area (Å²) in [4.78, 5) is 20.6. The van der Waals surface area contributed by atoms with E-state index in [4.69, 9.17) is 4.99 Å². The minimum atomic E-state index is 0.0205. The summed E-state index contributed by atoms with van der Waals surface area (Å²) in [6.45, 7) is 4.30. The standard InChI is InChI=1S/C21H30BrN5O/c1-6-23-21(27(5)15-19-13-18(22)14-26(19)4)24-11-10-16-8-7-9-17(12-16)20(28)25(2)3/h7-9,12-14H,6,10-11,15H2,1-5H3,(H,23,24). The van der Waals surface area contributed by atoms with Crippen LogP contribution in [-0.2, 0) is 20.0 Å². The van der Waals surface area contributed by atoms with Crippen molar-refractivity contribution in [2.45, 2.75) is 19.9 Å². The number of benzene rings is 1. The smallest absolute Gasteiger partial charge is 0.253 e. The van der Waals surface area contributed by atoms with Crippen LogP contribution >= 0.6 is 15.9 Å². The van der Waals surface area contributed by atoms with Gasteiger partial charge in [0.05, 0.1) is 6.54 Å². The first kappa shape index (κ1) is 22.0. The first-order chi connectivity index (χ1) is 13.3. The molecule has 0 bridgehead atoms. The van der Waals surface area contributed by atoms with Crippen molar-refractivity contribution in [1.29, 1.82) is 0 Å². The lowest BCUT2D eigenvalue weighted by Crippen LogP contribution is -2.39. The lowest BCUT2D eigenvalue weighted by molar-refractivity contribution is 0.0827. The summed E-state index contributed by atoms with van der Waals surface area (Å²) < 4.78 is 3.18. The molecule has 1 aromatic carbocycles. The van der Waals surface area contributed by atoms with Crippen LogP contribution in [0.1, 0.15) is 28.5 Å². The number of nitrogens with one attached hydrogen (secondary N) is 1. The van der Waals surface area contributed by atoms with Gasteiger partial charge in [0.15, 0.2) is 5.96 Å². The Morgan fingerprint density at radius 2 is 2.00 bits per heavy atom. The Morgan fingerprint density at radius 3 is 2.61 bits per heavy atom. The van der Waals surface area contributed by atoms with Gasteiger partial charge in [-0.15, -0.1) is 0 Å². The van der Waals surface area contributed by atoms with Gasteiger partial charge < -0.3 is 19.7 Å². The largest absolute Gasteiger partial charge is 0.357 e. The Hall–Kier alpha value is -2.28. The Morgan fingerprint density at radius 1 is 1.25 bits per heavy atom. The Bertz CT molecular complexity index is 828.